The van der Waals surface area contributed by atoms with Crippen molar-refractivity contribution >= 4 is 11.9 Å². The summed E-state index contributed by atoms with van der Waals surface area (Å²) in [5, 5.41) is 9.44. The van der Waals surface area contributed by atoms with Crippen molar-refractivity contribution in [3.05, 3.63) is 35.6 Å². The van der Waals surface area contributed by atoms with Gasteiger partial charge in [0.1, 0.15) is 11.4 Å². The summed E-state index contributed by atoms with van der Waals surface area (Å²) in [6.07, 6.45) is 1.59. The largest absolute Gasteiger partial charge is 0.479 e. The van der Waals surface area contributed by atoms with Crippen molar-refractivity contribution < 1.29 is 19.1 Å². The van der Waals surface area contributed by atoms with Crippen LogP contribution < -0.4 is 0 Å². The molecule has 0 spiro atoms. The Morgan fingerprint density at radius 1 is 1.45 bits per heavy atom. The number of carboxylic acid groups (broad SMARTS) is 1. The molecule has 4 nitrogen and oxygen atoms in total. The van der Waals surface area contributed by atoms with Gasteiger partial charge in [-0.15, -0.1) is 0 Å². The zero-order valence-electron chi connectivity index (χ0n) is 11.4. The van der Waals surface area contributed by atoms with Crippen molar-refractivity contribution in [2.24, 2.45) is 0 Å². The predicted octanol–water partition coefficient (Wildman–Crippen LogP) is 2.22. The molecule has 1 amide bonds. The summed E-state index contributed by atoms with van der Waals surface area (Å²) < 4.78 is 13.1. The van der Waals surface area contributed by atoms with Gasteiger partial charge in [0, 0.05) is 6.54 Å². The average Bonchev–Trinajstić information content (AvgIpc) is 2.83. The minimum Gasteiger partial charge on any atom is -0.479 e. The first-order valence-corrected chi connectivity index (χ1v) is 6.78. The normalized spacial score (nSPS) is 22.0. The van der Waals surface area contributed by atoms with Crippen LogP contribution in [0.3, 0.4) is 0 Å². The predicted molar refractivity (Wildman–Crippen MR) is 71.7 cm³/mol. The monoisotopic (exact) mass is 279 g/mol. The fourth-order valence-corrected chi connectivity index (χ4v) is 2.90. The third kappa shape index (κ3) is 2.53. The molecule has 108 valence electrons. The first-order chi connectivity index (χ1) is 9.49. The second-order valence-corrected chi connectivity index (χ2v) is 5.15. The lowest BCUT2D eigenvalue weighted by molar-refractivity contribution is -0.156. The second kappa shape index (κ2) is 5.61. The van der Waals surface area contributed by atoms with Crippen molar-refractivity contribution in [3.8, 4) is 0 Å². The zero-order chi connectivity index (χ0) is 14.8. The molecule has 1 N–H and O–H groups in total. The van der Waals surface area contributed by atoms with Gasteiger partial charge in [-0.05, 0) is 37.0 Å². The molecule has 0 saturated carbocycles. The Kier molecular flexibility index (Phi) is 4.06. The van der Waals surface area contributed by atoms with Crippen LogP contribution in [0.15, 0.2) is 24.3 Å². The maximum Gasteiger partial charge on any atom is 0.329 e. The quantitative estimate of drug-likeness (QED) is 0.919. The molecule has 20 heavy (non-hydrogen) atoms. The molecule has 5 heteroatoms. The maximum atomic E-state index is 13.1. The van der Waals surface area contributed by atoms with E-state index in [-0.39, 0.29) is 12.3 Å². The molecular weight excluding hydrogens is 261 g/mol. The molecule has 1 aliphatic rings. The molecule has 1 fully saturated rings. The highest BCUT2D eigenvalue weighted by Gasteiger charge is 2.48. The van der Waals surface area contributed by atoms with Crippen molar-refractivity contribution in [2.75, 3.05) is 6.54 Å². The first-order valence-electron chi connectivity index (χ1n) is 6.78. The SMILES string of the molecule is CCC1(C(=O)O)CCCN1C(=O)Cc1cccc(F)c1. The van der Waals surface area contributed by atoms with Gasteiger partial charge < -0.3 is 10.0 Å². The number of carboxylic acids is 1. The van der Waals surface area contributed by atoms with Gasteiger partial charge in [0.15, 0.2) is 0 Å². The summed E-state index contributed by atoms with van der Waals surface area (Å²) in [6, 6.07) is 5.84. The van der Waals surface area contributed by atoms with Gasteiger partial charge in [0.05, 0.1) is 6.42 Å². The topological polar surface area (TPSA) is 57.6 Å². The molecule has 1 aliphatic heterocycles. The molecule has 1 heterocycles. The lowest BCUT2D eigenvalue weighted by Crippen LogP contribution is -2.53. The molecule has 0 bridgehead atoms. The lowest BCUT2D eigenvalue weighted by Gasteiger charge is -2.34. The highest BCUT2D eigenvalue weighted by atomic mass is 19.1. The zero-order valence-corrected chi connectivity index (χ0v) is 11.4. The number of likely N-dealkylation sites (tertiary alicyclic amines) is 1. The number of benzene rings is 1. The lowest BCUT2D eigenvalue weighted by atomic mass is 9.92. The number of hydrogen-bond acceptors (Lipinski definition) is 2. The van der Waals surface area contributed by atoms with Gasteiger partial charge in [-0.3, -0.25) is 4.79 Å². The maximum absolute atomic E-state index is 13.1. The fourth-order valence-electron chi connectivity index (χ4n) is 2.90. The second-order valence-electron chi connectivity index (χ2n) is 5.15. The van der Waals surface area contributed by atoms with Crippen LogP contribution in [0, 0.1) is 5.82 Å². The van der Waals surface area contributed by atoms with E-state index in [1.807, 2.05) is 0 Å². The molecule has 1 saturated heterocycles. The van der Waals surface area contributed by atoms with Gasteiger partial charge in [0.25, 0.3) is 0 Å². The van der Waals surface area contributed by atoms with E-state index in [1.165, 1.54) is 17.0 Å². The van der Waals surface area contributed by atoms with Gasteiger partial charge in [-0.1, -0.05) is 19.1 Å². The summed E-state index contributed by atoms with van der Waals surface area (Å²) in [4.78, 5) is 25.3. The molecule has 0 aromatic heterocycles. The van der Waals surface area contributed by atoms with E-state index in [0.717, 1.165) is 0 Å². The van der Waals surface area contributed by atoms with E-state index in [4.69, 9.17) is 0 Å². The van der Waals surface area contributed by atoms with Gasteiger partial charge in [-0.2, -0.15) is 0 Å². The minimum atomic E-state index is -1.09. The Balaban J connectivity index is 2.18. The Labute approximate surface area is 117 Å². The number of rotatable bonds is 4. The first kappa shape index (κ1) is 14.5. The Hall–Kier alpha value is -1.91. The third-order valence-corrected chi connectivity index (χ3v) is 4.02. The standard InChI is InChI=1S/C15H18FNO3/c1-2-15(14(19)20)7-4-8-17(15)13(18)10-11-5-3-6-12(16)9-11/h3,5-6,9H,2,4,7-8,10H2,1H3,(H,19,20). The van der Waals surface area contributed by atoms with E-state index in [0.29, 0.717) is 31.4 Å². The average molecular weight is 279 g/mol. The fraction of sp³-hybridized carbons (Fsp3) is 0.467. The van der Waals surface area contributed by atoms with Crippen LogP contribution in [-0.4, -0.2) is 34.0 Å². The van der Waals surface area contributed by atoms with E-state index < -0.39 is 17.3 Å². The number of carbonyl (C=O) groups is 2. The molecule has 2 rings (SSSR count). The van der Waals surface area contributed by atoms with Crippen LogP contribution in [0.2, 0.25) is 0 Å². The van der Waals surface area contributed by atoms with Crippen LogP contribution in [0.25, 0.3) is 0 Å². The number of hydrogen-bond donors (Lipinski definition) is 1. The number of carbonyl (C=O) groups excluding carboxylic acids is 1. The summed E-state index contributed by atoms with van der Waals surface area (Å²) in [5.41, 5.74) is -0.526. The van der Waals surface area contributed by atoms with Crippen LogP contribution in [0.1, 0.15) is 31.7 Å². The van der Waals surface area contributed by atoms with Crippen molar-refractivity contribution in [3.63, 3.8) is 0 Å². The van der Waals surface area contributed by atoms with Crippen molar-refractivity contribution in [1.29, 1.82) is 0 Å². The van der Waals surface area contributed by atoms with Crippen LogP contribution in [0.5, 0.6) is 0 Å². The van der Waals surface area contributed by atoms with E-state index >= 15 is 0 Å². The number of nitrogens with zero attached hydrogens (tertiary/aromatic N) is 1. The molecule has 1 unspecified atom stereocenters. The minimum absolute atomic E-state index is 0.0345. The Morgan fingerprint density at radius 3 is 2.80 bits per heavy atom. The van der Waals surface area contributed by atoms with Gasteiger partial charge in [-0.25, -0.2) is 9.18 Å². The van der Waals surface area contributed by atoms with Gasteiger partial charge >= 0.3 is 5.97 Å². The number of amides is 1. The molecular formula is C15H18FNO3. The molecule has 0 radical (unpaired) electrons. The molecule has 1 atom stereocenters. The van der Waals surface area contributed by atoms with E-state index in [2.05, 4.69) is 0 Å². The van der Waals surface area contributed by atoms with E-state index in [1.54, 1.807) is 19.1 Å². The summed E-state index contributed by atoms with van der Waals surface area (Å²) in [6.45, 7) is 2.23. The van der Waals surface area contributed by atoms with Crippen LogP contribution in [-0.2, 0) is 16.0 Å². The summed E-state index contributed by atoms with van der Waals surface area (Å²) in [5.74, 6) is -1.60. The highest BCUT2D eigenvalue weighted by molar-refractivity contribution is 5.88. The Bertz CT molecular complexity index is 532. The summed E-state index contributed by atoms with van der Waals surface area (Å²) >= 11 is 0. The van der Waals surface area contributed by atoms with Gasteiger partial charge in [0.2, 0.25) is 5.91 Å². The molecule has 0 aliphatic carbocycles. The number of aliphatic carboxylic acids is 1. The van der Waals surface area contributed by atoms with Crippen LogP contribution >= 0.6 is 0 Å². The highest BCUT2D eigenvalue weighted by Crippen LogP contribution is 2.33. The van der Waals surface area contributed by atoms with E-state index in [9.17, 15) is 19.1 Å². The molecule has 1 aromatic carbocycles. The number of halogens is 1. The Morgan fingerprint density at radius 2 is 2.20 bits per heavy atom. The van der Waals surface area contributed by atoms with Crippen molar-refractivity contribution in [2.45, 2.75) is 38.1 Å². The van der Waals surface area contributed by atoms with Crippen LogP contribution in [0.4, 0.5) is 4.39 Å². The smallest absolute Gasteiger partial charge is 0.329 e. The molecule has 1 aromatic rings. The van der Waals surface area contributed by atoms with Crippen molar-refractivity contribution in [1.82, 2.24) is 4.90 Å². The summed E-state index contributed by atoms with van der Waals surface area (Å²) in [7, 11) is 0. The third-order valence-electron chi connectivity index (χ3n) is 4.02.